The maximum absolute atomic E-state index is 5.55. The molecule has 0 spiro atoms. The van der Waals surface area contributed by atoms with Crippen molar-refractivity contribution in [1.82, 2.24) is 15.0 Å². The van der Waals surface area contributed by atoms with Gasteiger partial charge in [-0.05, 0) is 24.6 Å². The number of anilines is 2. The molecule has 0 aliphatic rings. The Morgan fingerprint density at radius 3 is 2.62 bits per heavy atom. The molecule has 5 heteroatoms. The normalized spacial score (nSPS) is 12.1. The first-order valence-corrected chi connectivity index (χ1v) is 4.99. The average Bonchev–Trinajstić information content (AvgIpc) is 2.30. The lowest BCUT2D eigenvalue weighted by Crippen LogP contribution is -2.08. The van der Waals surface area contributed by atoms with E-state index in [1.54, 1.807) is 18.6 Å². The Bertz CT molecular complexity index is 457. The molecule has 0 saturated carbocycles. The topological polar surface area (TPSA) is 76.7 Å². The number of nitrogen functional groups attached to an aromatic ring is 1. The minimum absolute atomic E-state index is 0.138. The van der Waals surface area contributed by atoms with Crippen molar-refractivity contribution in [2.75, 3.05) is 11.1 Å². The molecule has 16 heavy (non-hydrogen) atoms. The third kappa shape index (κ3) is 2.44. The molecule has 2 aromatic heterocycles. The van der Waals surface area contributed by atoms with E-state index in [1.165, 1.54) is 6.20 Å². The zero-order valence-corrected chi connectivity index (χ0v) is 8.96. The smallest absolute Gasteiger partial charge is 0.147 e. The zero-order chi connectivity index (χ0) is 11.4. The van der Waals surface area contributed by atoms with Gasteiger partial charge < -0.3 is 11.1 Å². The highest BCUT2D eigenvalue weighted by atomic mass is 15.1. The van der Waals surface area contributed by atoms with Crippen LogP contribution in [0.15, 0.2) is 36.9 Å². The van der Waals surface area contributed by atoms with E-state index in [0.29, 0.717) is 11.6 Å². The number of nitrogens with one attached hydrogen (secondary N) is 1. The van der Waals surface area contributed by atoms with Gasteiger partial charge in [0.15, 0.2) is 0 Å². The highest BCUT2D eigenvalue weighted by Gasteiger charge is 2.05. The Labute approximate surface area is 93.8 Å². The highest BCUT2D eigenvalue weighted by Crippen LogP contribution is 2.16. The second kappa shape index (κ2) is 4.57. The lowest BCUT2D eigenvalue weighted by atomic mass is 10.1. The van der Waals surface area contributed by atoms with E-state index in [9.17, 15) is 0 Å². The third-order valence-corrected chi connectivity index (χ3v) is 2.22. The summed E-state index contributed by atoms with van der Waals surface area (Å²) in [7, 11) is 0. The van der Waals surface area contributed by atoms with Crippen LogP contribution in [0.3, 0.4) is 0 Å². The predicted molar refractivity (Wildman–Crippen MR) is 62.7 cm³/mol. The molecular formula is C11H13N5. The molecular weight excluding hydrogens is 202 g/mol. The van der Waals surface area contributed by atoms with Crippen LogP contribution in [-0.2, 0) is 0 Å². The van der Waals surface area contributed by atoms with Gasteiger partial charge in [-0.1, -0.05) is 0 Å². The third-order valence-electron chi connectivity index (χ3n) is 2.22. The van der Waals surface area contributed by atoms with E-state index < -0.39 is 0 Å². The van der Waals surface area contributed by atoms with Crippen molar-refractivity contribution in [3.05, 3.63) is 42.5 Å². The second-order valence-corrected chi connectivity index (χ2v) is 3.48. The summed E-state index contributed by atoms with van der Waals surface area (Å²) < 4.78 is 0. The largest absolute Gasteiger partial charge is 0.382 e. The van der Waals surface area contributed by atoms with Gasteiger partial charge in [0.1, 0.15) is 11.6 Å². The molecule has 0 aliphatic heterocycles. The Morgan fingerprint density at radius 2 is 1.94 bits per heavy atom. The second-order valence-electron chi connectivity index (χ2n) is 3.48. The summed E-state index contributed by atoms with van der Waals surface area (Å²) >= 11 is 0. The van der Waals surface area contributed by atoms with Crippen molar-refractivity contribution >= 4 is 11.6 Å². The SMILES string of the molecule is CC(Nc1cncc(N)n1)c1ccncc1. The van der Waals surface area contributed by atoms with Crippen molar-refractivity contribution in [3.63, 3.8) is 0 Å². The Morgan fingerprint density at radius 1 is 1.19 bits per heavy atom. The molecule has 5 nitrogen and oxygen atoms in total. The van der Waals surface area contributed by atoms with E-state index in [2.05, 4.69) is 20.3 Å². The van der Waals surface area contributed by atoms with Crippen LogP contribution in [0.1, 0.15) is 18.5 Å². The number of nitrogens with zero attached hydrogens (tertiary/aromatic N) is 3. The Balaban J connectivity index is 2.11. The molecule has 2 rings (SSSR count). The fraction of sp³-hybridized carbons (Fsp3) is 0.182. The van der Waals surface area contributed by atoms with Gasteiger partial charge in [0.2, 0.25) is 0 Å². The summed E-state index contributed by atoms with van der Waals surface area (Å²) in [6.45, 7) is 2.04. The molecule has 0 aliphatic carbocycles. The van der Waals surface area contributed by atoms with Gasteiger partial charge in [0.05, 0.1) is 18.4 Å². The number of pyridine rings is 1. The first-order valence-electron chi connectivity index (χ1n) is 4.99. The summed E-state index contributed by atoms with van der Waals surface area (Å²) in [6, 6.07) is 4.05. The van der Waals surface area contributed by atoms with E-state index >= 15 is 0 Å². The van der Waals surface area contributed by atoms with Crippen LogP contribution < -0.4 is 11.1 Å². The van der Waals surface area contributed by atoms with Crippen molar-refractivity contribution in [1.29, 1.82) is 0 Å². The monoisotopic (exact) mass is 215 g/mol. The number of hydrogen-bond acceptors (Lipinski definition) is 5. The molecule has 0 saturated heterocycles. The number of hydrogen-bond donors (Lipinski definition) is 2. The minimum atomic E-state index is 0.138. The van der Waals surface area contributed by atoms with Gasteiger partial charge in [-0.25, -0.2) is 4.98 Å². The highest BCUT2D eigenvalue weighted by molar-refractivity contribution is 5.40. The van der Waals surface area contributed by atoms with Gasteiger partial charge in [-0.3, -0.25) is 9.97 Å². The van der Waals surface area contributed by atoms with Crippen LogP contribution in [0.5, 0.6) is 0 Å². The zero-order valence-electron chi connectivity index (χ0n) is 8.96. The number of aromatic nitrogens is 3. The molecule has 82 valence electrons. The van der Waals surface area contributed by atoms with E-state index in [-0.39, 0.29) is 6.04 Å². The number of rotatable bonds is 3. The van der Waals surface area contributed by atoms with Crippen LogP contribution >= 0.6 is 0 Å². The lowest BCUT2D eigenvalue weighted by Gasteiger charge is -2.14. The van der Waals surface area contributed by atoms with E-state index in [1.807, 2.05) is 19.1 Å². The molecule has 1 atom stereocenters. The molecule has 0 bridgehead atoms. The summed E-state index contributed by atoms with van der Waals surface area (Å²) in [4.78, 5) is 12.1. The average molecular weight is 215 g/mol. The quantitative estimate of drug-likeness (QED) is 0.813. The van der Waals surface area contributed by atoms with Crippen LogP contribution in [0.25, 0.3) is 0 Å². The van der Waals surface area contributed by atoms with E-state index in [4.69, 9.17) is 5.73 Å². The fourth-order valence-electron chi connectivity index (χ4n) is 1.41. The molecule has 0 aromatic carbocycles. The molecule has 0 amide bonds. The fourth-order valence-corrected chi connectivity index (χ4v) is 1.41. The molecule has 0 radical (unpaired) electrons. The molecule has 1 unspecified atom stereocenters. The Kier molecular flexibility index (Phi) is 2.95. The van der Waals surface area contributed by atoms with Gasteiger partial charge in [-0.2, -0.15) is 0 Å². The first-order chi connectivity index (χ1) is 7.75. The Hall–Kier alpha value is -2.17. The molecule has 2 aromatic rings. The van der Waals surface area contributed by atoms with Crippen molar-refractivity contribution in [2.24, 2.45) is 0 Å². The van der Waals surface area contributed by atoms with Gasteiger partial charge >= 0.3 is 0 Å². The van der Waals surface area contributed by atoms with Crippen molar-refractivity contribution in [3.8, 4) is 0 Å². The van der Waals surface area contributed by atoms with Crippen LogP contribution in [0.2, 0.25) is 0 Å². The summed E-state index contributed by atoms with van der Waals surface area (Å²) in [5.41, 5.74) is 6.69. The van der Waals surface area contributed by atoms with Crippen LogP contribution in [0.4, 0.5) is 11.6 Å². The lowest BCUT2D eigenvalue weighted by molar-refractivity contribution is 0.868. The molecule has 2 heterocycles. The summed E-state index contributed by atoms with van der Waals surface area (Å²) in [5.74, 6) is 1.08. The van der Waals surface area contributed by atoms with Gasteiger partial charge in [0, 0.05) is 12.4 Å². The first kappa shape index (κ1) is 10.4. The van der Waals surface area contributed by atoms with Crippen molar-refractivity contribution in [2.45, 2.75) is 13.0 Å². The van der Waals surface area contributed by atoms with Crippen LogP contribution in [0, 0.1) is 0 Å². The predicted octanol–water partition coefficient (Wildman–Crippen LogP) is 1.63. The standard InChI is InChI=1S/C11H13N5/c1-8(9-2-4-13-5-3-9)15-11-7-14-6-10(12)16-11/h2-8H,1H3,(H3,12,15,16). The van der Waals surface area contributed by atoms with Crippen molar-refractivity contribution < 1.29 is 0 Å². The summed E-state index contributed by atoms with van der Waals surface area (Å²) in [5, 5.41) is 3.22. The van der Waals surface area contributed by atoms with E-state index in [0.717, 1.165) is 5.56 Å². The van der Waals surface area contributed by atoms with Gasteiger partial charge in [0.25, 0.3) is 0 Å². The van der Waals surface area contributed by atoms with Crippen LogP contribution in [-0.4, -0.2) is 15.0 Å². The summed E-state index contributed by atoms with van der Waals surface area (Å²) in [6.07, 6.45) is 6.69. The molecule has 0 fully saturated rings. The maximum Gasteiger partial charge on any atom is 0.147 e. The molecule has 3 N–H and O–H groups in total. The van der Waals surface area contributed by atoms with Gasteiger partial charge in [-0.15, -0.1) is 0 Å². The minimum Gasteiger partial charge on any atom is -0.382 e. The number of nitrogens with two attached hydrogens (primary N) is 1. The maximum atomic E-state index is 5.55.